The van der Waals surface area contributed by atoms with E-state index in [0.717, 1.165) is 11.4 Å². The molecule has 0 bridgehead atoms. The summed E-state index contributed by atoms with van der Waals surface area (Å²) in [6, 6.07) is 11.8. The smallest absolute Gasteiger partial charge is 0.163 e. The minimum Gasteiger partial charge on any atom is -0.383 e. The molecule has 3 N–H and O–H groups in total. The van der Waals surface area contributed by atoms with Gasteiger partial charge in [-0.1, -0.05) is 30.3 Å². The molecule has 21 heavy (non-hydrogen) atoms. The van der Waals surface area contributed by atoms with E-state index >= 15 is 0 Å². The van der Waals surface area contributed by atoms with E-state index < -0.39 is 0 Å². The summed E-state index contributed by atoms with van der Waals surface area (Å²) in [5.41, 5.74) is 3.54. The molecule has 2 aromatic rings. The number of rotatable bonds is 6. The first-order valence-electron chi connectivity index (χ1n) is 6.78. The van der Waals surface area contributed by atoms with Gasteiger partial charge in [-0.05, 0) is 6.92 Å². The first kappa shape index (κ1) is 15.2. The Balaban J connectivity index is 2.38. The second-order valence-corrected chi connectivity index (χ2v) is 4.86. The molecule has 0 fully saturated rings. The van der Waals surface area contributed by atoms with Crippen LogP contribution in [0.1, 0.15) is 6.92 Å². The lowest BCUT2D eigenvalue weighted by molar-refractivity contribution is 0.183. The SMILES string of the molecule is COCC(C)N(C)c1cc(NN)nc(-c2ccccc2)n1. The molecule has 112 valence electrons. The van der Waals surface area contributed by atoms with E-state index in [9.17, 15) is 0 Å². The minimum atomic E-state index is 0.194. The first-order valence-corrected chi connectivity index (χ1v) is 6.78. The highest BCUT2D eigenvalue weighted by molar-refractivity contribution is 5.61. The molecule has 0 aliphatic heterocycles. The molecule has 0 aliphatic rings. The highest BCUT2D eigenvalue weighted by Crippen LogP contribution is 2.22. The van der Waals surface area contributed by atoms with Crippen molar-refractivity contribution in [3.63, 3.8) is 0 Å². The second kappa shape index (κ2) is 7.01. The van der Waals surface area contributed by atoms with Crippen LogP contribution < -0.4 is 16.2 Å². The molecule has 2 rings (SSSR count). The number of nitrogen functional groups attached to an aromatic ring is 1. The van der Waals surface area contributed by atoms with Gasteiger partial charge in [0.15, 0.2) is 5.82 Å². The van der Waals surface area contributed by atoms with Crippen molar-refractivity contribution in [3.8, 4) is 11.4 Å². The second-order valence-electron chi connectivity index (χ2n) is 4.86. The van der Waals surface area contributed by atoms with E-state index in [1.165, 1.54) is 0 Å². The molecule has 6 heteroatoms. The van der Waals surface area contributed by atoms with Crippen LogP contribution in [0.5, 0.6) is 0 Å². The number of aromatic nitrogens is 2. The third-order valence-corrected chi connectivity index (χ3v) is 3.32. The number of benzene rings is 1. The predicted octanol–water partition coefficient (Wildman–Crippen LogP) is 1.90. The molecule has 6 nitrogen and oxygen atoms in total. The van der Waals surface area contributed by atoms with Gasteiger partial charge in [-0.25, -0.2) is 15.8 Å². The first-order chi connectivity index (χ1) is 10.2. The van der Waals surface area contributed by atoms with Crippen LogP contribution in [-0.2, 0) is 4.74 Å². The quantitative estimate of drug-likeness (QED) is 0.624. The van der Waals surface area contributed by atoms with Gasteiger partial charge in [0.1, 0.15) is 11.6 Å². The fraction of sp³-hybridized carbons (Fsp3) is 0.333. The highest BCUT2D eigenvalue weighted by atomic mass is 16.5. The molecule has 1 aromatic heterocycles. The molecule has 1 heterocycles. The number of ether oxygens (including phenoxy) is 1. The van der Waals surface area contributed by atoms with Crippen LogP contribution >= 0.6 is 0 Å². The number of nitrogens with zero attached hydrogens (tertiary/aromatic N) is 3. The molecule has 0 saturated carbocycles. The number of anilines is 2. The summed E-state index contributed by atoms with van der Waals surface area (Å²) >= 11 is 0. The van der Waals surface area contributed by atoms with E-state index in [1.807, 2.05) is 48.3 Å². The summed E-state index contributed by atoms with van der Waals surface area (Å²) in [5, 5.41) is 0. The predicted molar refractivity (Wildman–Crippen MR) is 85.0 cm³/mol. The number of methoxy groups -OCH3 is 1. The van der Waals surface area contributed by atoms with Crippen LogP contribution in [0.15, 0.2) is 36.4 Å². The van der Waals surface area contributed by atoms with E-state index in [-0.39, 0.29) is 6.04 Å². The standard InChI is InChI=1S/C15H21N5O/c1-11(10-21-3)20(2)14-9-13(19-16)17-15(18-14)12-7-5-4-6-8-12/h4-9,11H,10,16H2,1-3H3,(H,17,18,19). The van der Waals surface area contributed by atoms with Gasteiger partial charge in [0.2, 0.25) is 0 Å². The van der Waals surface area contributed by atoms with Crippen molar-refractivity contribution in [1.29, 1.82) is 0 Å². The lowest BCUT2D eigenvalue weighted by Gasteiger charge is -2.26. The molecule has 1 aromatic carbocycles. The van der Waals surface area contributed by atoms with Gasteiger partial charge in [-0.15, -0.1) is 0 Å². The highest BCUT2D eigenvalue weighted by Gasteiger charge is 2.14. The Morgan fingerprint density at radius 1 is 1.29 bits per heavy atom. The zero-order valence-corrected chi connectivity index (χ0v) is 12.6. The Bertz CT molecular complexity index is 576. The van der Waals surface area contributed by atoms with Crippen molar-refractivity contribution in [2.75, 3.05) is 31.1 Å². The number of nitrogens with two attached hydrogens (primary N) is 1. The number of hydrogen-bond acceptors (Lipinski definition) is 6. The number of hydrogen-bond donors (Lipinski definition) is 2. The molecule has 0 saturated heterocycles. The maximum absolute atomic E-state index is 5.52. The average Bonchev–Trinajstić information content (AvgIpc) is 2.54. The summed E-state index contributed by atoms with van der Waals surface area (Å²) in [6.45, 7) is 2.69. The maximum Gasteiger partial charge on any atom is 0.163 e. The maximum atomic E-state index is 5.52. The van der Waals surface area contributed by atoms with Gasteiger partial charge in [0, 0.05) is 25.8 Å². The van der Waals surface area contributed by atoms with Crippen LogP contribution in [0.3, 0.4) is 0 Å². The molecule has 0 amide bonds. The van der Waals surface area contributed by atoms with E-state index in [4.69, 9.17) is 10.6 Å². The van der Waals surface area contributed by atoms with Crippen molar-refractivity contribution in [1.82, 2.24) is 9.97 Å². The zero-order valence-electron chi connectivity index (χ0n) is 12.6. The average molecular weight is 287 g/mol. The minimum absolute atomic E-state index is 0.194. The van der Waals surface area contributed by atoms with Crippen LogP contribution in [0.2, 0.25) is 0 Å². The van der Waals surface area contributed by atoms with Gasteiger partial charge in [0.05, 0.1) is 12.6 Å². The zero-order chi connectivity index (χ0) is 15.2. The van der Waals surface area contributed by atoms with Crippen LogP contribution in [-0.4, -0.2) is 36.8 Å². The normalized spacial score (nSPS) is 12.0. The molecule has 0 radical (unpaired) electrons. The number of hydrazine groups is 1. The summed E-state index contributed by atoms with van der Waals surface area (Å²) in [4.78, 5) is 11.1. The van der Waals surface area contributed by atoms with Crippen LogP contribution in [0.4, 0.5) is 11.6 Å². The fourth-order valence-corrected chi connectivity index (χ4v) is 1.98. The van der Waals surface area contributed by atoms with Gasteiger partial charge < -0.3 is 15.1 Å². The van der Waals surface area contributed by atoms with Crippen LogP contribution in [0.25, 0.3) is 11.4 Å². The molecular formula is C15H21N5O. The molecule has 1 unspecified atom stereocenters. The Morgan fingerprint density at radius 2 is 2.00 bits per heavy atom. The molecular weight excluding hydrogens is 266 g/mol. The summed E-state index contributed by atoms with van der Waals surface area (Å²) in [6.07, 6.45) is 0. The van der Waals surface area contributed by atoms with Gasteiger partial charge in [-0.2, -0.15) is 0 Å². The summed E-state index contributed by atoms with van der Waals surface area (Å²) in [7, 11) is 3.66. The largest absolute Gasteiger partial charge is 0.383 e. The Morgan fingerprint density at radius 3 is 2.62 bits per heavy atom. The Hall–Kier alpha value is -2.18. The van der Waals surface area contributed by atoms with Crippen molar-refractivity contribution in [3.05, 3.63) is 36.4 Å². The monoisotopic (exact) mass is 287 g/mol. The Kier molecular flexibility index (Phi) is 5.08. The van der Waals surface area contributed by atoms with Crippen molar-refractivity contribution < 1.29 is 4.74 Å². The topological polar surface area (TPSA) is 76.3 Å². The van der Waals surface area contributed by atoms with Crippen LogP contribution in [0, 0.1) is 0 Å². The molecule has 1 atom stereocenters. The number of nitrogens with one attached hydrogen (secondary N) is 1. The summed E-state index contributed by atoms with van der Waals surface area (Å²) in [5.74, 6) is 7.53. The third-order valence-electron chi connectivity index (χ3n) is 3.32. The van der Waals surface area contributed by atoms with Crippen molar-refractivity contribution in [2.24, 2.45) is 5.84 Å². The fourth-order valence-electron chi connectivity index (χ4n) is 1.98. The molecule has 0 aliphatic carbocycles. The third kappa shape index (κ3) is 3.68. The number of likely N-dealkylation sites (N-methyl/N-ethyl adjacent to an activating group) is 1. The van der Waals surface area contributed by atoms with Gasteiger partial charge in [0.25, 0.3) is 0 Å². The lowest BCUT2D eigenvalue weighted by Crippen LogP contribution is -2.33. The molecule has 0 spiro atoms. The van der Waals surface area contributed by atoms with Gasteiger partial charge in [-0.3, -0.25) is 0 Å². The van der Waals surface area contributed by atoms with Crippen molar-refractivity contribution in [2.45, 2.75) is 13.0 Å². The van der Waals surface area contributed by atoms with Crippen molar-refractivity contribution >= 4 is 11.6 Å². The van der Waals surface area contributed by atoms with E-state index in [2.05, 4.69) is 22.3 Å². The van der Waals surface area contributed by atoms with Gasteiger partial charge >= 0.3 is 0 Å². The lowest BCUT2D eigenvalue weighted by atomic mass is 10.2. The van der Waals surface area contributed by atoms with E-state index in [1.54, 1.807) is 7.11 Å². The summed E-state index contributed by atoms with van der Waals surface area (Å²) < 4.78 is 5.19. The Labute approximate surface area is 124 Å². The van der Waals surface area contributed by atoms with E-state index in [0.29, 0.717) is 18.2 Å².